The Kier molecular flexibility index (Phi) is 6.86. The van der Waals surface area contributed by atoms with Gasteiger partial charge in [0, 0.05) is 41.3 Å². The molecule has 13 heteroatoms. The number of ether oxygens (including phenoxy) is 1. The molecule has 1 aromatic heterocycles. The number of aromatic nitrogens is 1. The summed E-state index contributed by atoms with van der Waals surface area (Å²) in [5.41, 5.74) is 1.26. The van der Waals surface area contributed by atoms with Crippen molar-refractivity contribution in [1.82, 2.24) is 9.88 Å². The number of nitro benzene ring substituents is 1. The third-order valence-electron chi connectivity index (χ3n) is 10.4. The number of anilines is 1. The van der Waals surface area contributed by atoms with Crippen LogP contribution in [0.4, 0.5) is 11.4 Å². The van der Waals surface area contributed by atoms with Gasteiger partial charge in [-0.1, -0.05) is 23.5 Å². The maximum absolute atomic E-state index is 13.9. The van der Waals surface area contributed by atoms with Gasteiger partial charge in [0.15, 0.2) is 6.61 Å². The number of fused-ring (bicyclic) bond motifs is 9. The van der Waals surface area contributed by atoms with Crippen molar-refractivity contribution in [3.63, 3.8) is 0 Å². The Morgan fingerprint density at radius 2 is 1.64 bits per heavy atom. The number of non-ortho nitro benzene ring substituents is 1. The Bertz CT molecular complexity index is 1760. The number of hydrogen-bond acceptors (Lipinski definition) is 9. The van der Waals surface area contributed by atoms with Crippen molar-refractivity contribution >= 4 is 52.2 Å². The normalized spacial score (nSPS) is 29.8. The summed E-state index contributed by atoms with van der Waals surface area (Å²) in [5, 5.41) is 12.0. The summed E-state index contributed by atoms with van der Waals surface area (Å²) in [6.07, 6.45) is 3.96. The lowest BCUT2D eigenvalue weighted by molar-refractivity contribution is -0.384. The molecule has 3 aliphatic heterocycles. The average Bonchev–Trinajstić information content (AvgIpc) is 3.79. The molecule has 3 amide bonds. The number of nitro groups is 1. The van der Waals surface area contributed by atoms with Gasteiger partial charge in [-0.15, -0.1) is 11.8 Å². The van der Waals surface area contributed by atoms with E-state index in [0.29, 0.717) is 11.4 Å². The Morgan fingerprint density at radius 1 is 0.956 bits per heavy atom. The number of H-pyrrole nitrogens is 1. The molecular formula is C32H30N4O7S2. The molecule has 4 heterocycles. The predicted molar refractivity (Wildman–Crippen MR) is 166 cm³/mol. The van der Waals surface area contributed by atoms with Crippen LogP contribution in [-0.2, 0) is 14.4 Å². The molecule has 2 bridgehead atoms. The fourth-order valence-electron chi connectivity index (χ4n) is 8.52. The van der Waals surface area contributed by atoms with E-state index in [-0.39, 0.29) is 63.8 Å². The molecule has 232 valence electrons. The van der Waals surface area contributed by atoms with Crippen LogP contribution in [0.3, 0.4) is 0 Å². The first-order chi connectivity index (χ1) is 21.8. The molecule has 4 fully saturated rings. The number of thiazole rings is 1. The summed E-state index contributed by atoms with van der Waals surface area (Å²) in [6.45, 7) is 1.53. The monoisotopic (exact) mass is 646 g/mol. The van der Waals surface area contributed by atoms with E-state index in [4.69, 9.17) is 4.74 Å². The number of piperidine rings is 1. The van der Waals surface area contributed by atoms with Gasteiger partial charge in [0.1, 0.15) is 5.75 Å². The Labute approximate surface area is 266 Å². The second-order valence-electron chi connectivity index (χ2n) is 12.5. The topological polar surface area (TPSA) is 143 Å². The maximum Gasteiger partial charge on any atom is 0.305 e. The van der Waals surface area contributed by atoms with E-state index in [1.54, 1.807) is 11.8 Å². The summed E-state index contributed by atoms with van der Waals surface area (Å²) in [6, 6.07) is 13.3. The molecule has 2 saturated heterocycles. The Balaban J connectivity index is 1.07. The average molecular weight is 647 g/mol. The number of carbonyl (C=O) groups excluding carboxylic acids is 3. The van der Waals surface area contributed by atoms with Crippen molar-refractivity contribution in [2.24, 2.45) is 29.6 Å². The van der Waals surface area contributed by atoms with Gasteiger partial charge in [-0.3, -0.25) is 34.2 Å². The van der Waals surface area contributed by atoms with Gasteiger partial charge < -0.3 is 14.6 Å². The van der Waals surface area contributed by atoms with Gasteiger partial charge in [-0.05, 0) is 73.3 Å². The van der Waals surface area contributed by atoms with E-state index >= 15 is 0 Å². The number of nitrogens with zero attached hydrogens (tertiary/aromatic N) is 3. The van der Waals surface area contributed by atoms with Gasteiger partial charge in [-0.25, -0.2) is 0 Å². The predicted octanol–water partition coefficient (Wildman–Crippen LogP) is 4.41. The summed E-state index contributed by atoms with van der Waals surface area (Å²) in [7, 11) is 0. The van der Waals surface area contributed by atoms with E-state index < -0.39 is 16.8 Å². The van der Waals surface area contributed by atoms with Crippen molar-refractivity contribution in [3.05, 3.63) is 78.8 Å². The minimum absolute atomic E-state index is 0.0113. The van der Waals surface area contributed by atoms with Crippen molar-refractivity contribution in [2.45, 2.75) is 41.9 Å². The number of aromatic amines is 1. The van der Waals surface area contributed by atoms with Crippen molar-refractivity contribution < 1.29 is 24.0 Å². The SMILES string of the molecule is O=C(COc1ccc([C@@H]2c3sc(=O)[nH]c3S[C@@H]3[C@@H]4C[C@@H]([C@@H]5C(=O)N(c6ccc([N+](=O)[O-])cc6)C(=O)[C@@H]45)[C@H]23)cc1)N1CCCCC1. The van der Waals surface area contributed by atoms with Crippen LogP contribution in [-0.4, -0.2) is 57.5 Å². The zero-order chi connectivity index (χ0) is 31.0. The first kappa shape index (κ1) is 28.5. The molecule has 2 saturated carbocycles. The van der Waals surface area contributed by atoms with Crippen LogP contribution in [0.1, 0.15) is 42.0 Å². The molecular weight excluding hydrogens is 617 g/mol. The molecule has 1 N–H and O–H groups in total. The summed E-state index contributed by atoms with van der Waals surface area (Å²) in [4.78, 5) is 70.5. The second-order valence-corrected chi connectivity index (χ2v) is 14.7. The molecule has 0 spiro atoms. The standard InChI is InChI=1S/C32H30N4O7S2/c37-22(34-12-2-1-3-13-34)15-43-19-10-4-16(5-11-19)23-24-20-14-21(27(24)44-29-28(23)45-32(40)33-29)26-25(20)30(38)35(31(26)39)17-6-8-18(9-7-17)36(41)42/h4-11,20-21,23-27H,1-3,12-15H2,(H,33,40)/t20-,21-,23+,24-,25+,26+,27-/m1/s1. The lowest BCUT2D eigenvalue weighted by Crippen LogP contribution is -2.42. The number of rotatable bonds is 6. The minimum atomic E-state index is -0.509. The lowest BCUT2D eigenvalue weighted by atomic mass is 9.68. The van der Waals surface area contributed by atoms with Gasteiger partial charge in [-0.2, -0.15) is 0 Å². The highest BCUT2D eigenvalue weighted by Gasteiger charge is 2.69. The van der Waals surface area contributed by atoms with Crippen LogP contribution < -0.4 is 14.5 Å². The molecule has 5 aliphatic rings. The van der Waals surface area contributed by atoms with E-state index in [0.717, 1.165) is 54.2 Å². The number of amides is 3. The van der Waals surface area contributed by atoms with Gasteiger partial charge in [0.05, 0.1) is 27.5 Å². The fourth-order valence-corrected chi connectivity index (χ4v) is 11.4. The Morgan fingerprint density at radius 3 is 2.33 bits per heavy atom. The van der Waals surface area contributed by atoms with Crippen molar-refractivity contribution in [2.75, 3.05) is 24.6 Å². The van der Waals surface area contributed by atoms with E-state index in [9.17, 15) is 29.3 Å². The number of hydrogen-bond donors (Lipinski definition) is 1. The van der Waals surface area contributed by atoms with Gasteiger partial charge >= 0.3 is 4.87 Å². The van der Waals surface area contributed by atoms with E-state index in [1.807, 2.05) is 29.2 Å². The van der Waals surface area contributed by atoms with Crippen LogP contribution in [0.2, 0.25) is 0 Å². The molecule has 7 atom stereocenters. The van der Waals surface area contributed by atoms with Gasteiger partial charge in [0.25, 0.3) is 11.6 Å². The molecule has 0 unspecified atom stereocenters. The third-order valence-corrected chi connectivity index (χ3v) is 12.9. The second kappa shape index (κ2) is 10.8. The minimum Gasteiger partial charge on any atom is -0.484 e. The number of likely N-dealkylation sites (tertiary alicyclic amines) is 1. The molecule has 2 aliphatic carbocycles. The molecule has 8 rings (SSSR count). The van der Waals surface area contributed by atoms with Gasteiger partial charge in [0.2, 0.25) is 11.8 Å². The first-order valence-corrected chi connectivity index (χ1v) is 17.0. The highest BCUT2D eigenvalue weighted by molar-refractivity contribution is 8.00. The molecule has 0 radical (unpaired) electrons. The van der Waals surface area contributed by atoms with Crippen LogP contribution >= 0.6 is 23.1 Å². The summed E-state index contributed by atoms with van der Waals surface area (Å²) >= 11 is 2.82. The zero-order valence-electron chi connectivity index (χ0n) is 24.1. The maximum atomic E-state index is 13.9. The third kappa shape index (κ3) is 4.53. The molecule has 3 aromatic rings. The van der Waals surface area contributed by atoms with E-state index in [1.165, 1.54) is 40.5 Å². The van der Waals surface area contributed by atoms with Crippen molar-refractivity contribution in [1.29, 1.82) is 0 Å². The number of imide groups is 1. The molecule has 2 aromatic carbocycles. The lowest BCUT2D eigenvalue weighted by Gasteiger charge is -2.43. The fraction of sp³-hybridized carbons (Fsp3) is 0.438. The molecule has 11 nitrogen and oxygen atoms in total. The van der Waals surface area contributed by atoms with Crippen LogP contribution in [0.5, 0.6) is 5.75 Å². The quantitative estimate of drug-likeness (QED) is 0.236. The first-order valence-electron chi connectivity index (χ1n) is 15.3. The van der Waals surface area contributed by atoms with Crippen LogP contribution in [0.15, 0.2) is 58.4 Å². The number of benzene rings is 2. The number of thioether (sulfide) groups is 1. The van der Waals surface area contributed by atoms with Crippen molar-refractivity contribution in [3.8, 4) is 5.75 Å². The number of nitrogens with one attached hydrogen (secondary N) is 1. The summed E-state index contributed by atoms with van der Waals surface area (Å²) in [5.74, 6) is -1.000. The molecule has 45 heavy (non-hydrogen) atoms. The smallest absolute Gasteiger partial charge is 0.305 e. The summed E-state index contributed by atoms with van der Waals surface area (Å²) < 4.78 is 5.86. The largest absolute Gasteiger partial charge is 0.484 e. The zero-order valence-corrected chi connectivity index (χ0v) is 25.8. The van der Waals surface area contributed by atoms with E-state index in [2.05, 4.69) is 4.98 Å². The highest BCUT2D eigenvalue weighted by atomic mass is 32.2. The van der Waals surface area contributed by atoms with Crippen LogP contribution in [0, 0.1) is 39.7 Å². The highest BCUT2D eigenvalue weighted by Crippen LogP contribution is 2.68. The Hall–Kier alpha value is -3.97. The van der Waals surface area contributed by atoms with Crippen LogP contribution in [0.25, 0.3) is 0 Å². The number of carbonyl (C=O) groups is 3.